The van der Waals surface area contributed by atoms with E-state index >= 15 is 0 Å². The van der Waals surface area contributed by atoms with Crippen LogP contribution in [0.15, 0.2) is 91.4 Å². The Balaban J connectivity index is 1.27. The van der Waals surface area contributed by atoms with Crippen molar-refractivity contribution in [3.63, 3.8) is 0 Å². The summed E-state index contributed by atoms with van der Waals surface area (Å²) in [4.78, 5) is 26.2. The smallest absolute Gasteiger partial charge is 0.260 e. The van der Waals surface area contributed by atoms with Crippen LogP contribution in [-0.2, 0) is 4.79 Å². The molecule has 39 heavy (non-hydrogen) atoms. The van der Waals surface area contributed by atoms with Crippen LogP contribution in [0.3, 0.4) is 0 Å². The van der Waals surface area contributed by atoms with Gasteiger partial charge in [-0.3, -0.25) is 4.79 Å². The molecule has 0 spiro atoms. The van der Waals surface area contributed by atoms with Gasteiger partial charge in [0.2, 0.25) is 0 Å². The average Bonchev–Trinajstić information content (AvgIpc) is 3.37. The van der Waals surface area contributed by atoms with Crippen molar-refractivity contribution in [2.45, 2.75) is 0 Å². The fourth-order valence-electron chi connectivity index (χ4n) is 4.88. The molecule has 0 saturated carbocycles. The molecule has 1 saturated heterocycles. The highest BCUT2D eigenvalue weighted by molar-refractivity contribution is 6.30. The predicted molar refractivity (Wildman–Crippen MR) is 150 cm³/mol. The molecule has 5 aromatic rings. The number of anilines is 1. The summed E-state index contributed by atoms with van der Waals surface area (Å²) in [6.45, 7) is 2.21. The number of piperazine rings is 1. The van der Waals surface area contributed by atoms with Gasteiger partial charge in [0.1, 0.15) is 23.7 Å². The molecular weight excluding hydrogens is 517 g/mol. The highest BCUT2D eigenvalue weighted by Gasteiger charge is 2.26. The number of ether oxygens (including phenoxy) is 1. The molecule has 0 N–H and O–H groups in total. The number of fused-ring (bicyclic) bond motifs is 1. The highest BCUT2D eigenvalue weighted by atomic mass is 35.5. The summed E-state index contributed by atoms with van der Waals surface area (Å²) in [5.74, 6) is 0.838. The van der Waals surface area contributed by atoms with Crippen molar-refractivity contribution in [2.24, 2.45) is 0 Å². The molecule has 0 radical (unpaired) electrons. The second-order valence-electron chi connectivity index (χ2n) is 9.26. The summed E-state index contributed by atoms with van der Waals surface area (Å²) < 4.78 is 20.7. The topological polar surface area (TPSA) is 63.5 Å². The number of carbonyl (C=O) groups is 1. The number of benzene rings is 3. The van der Waals surface area contributed by atoms with Gasteiger partial charge in [-0.25, -0.2) is 14.4 Å². The summed E-state index contributed by atoms with van der Waals surface area (Å²) in [7, 11) is 0. The van der Waals surface area contributed by atoms with E-state index in [-0.39, 0.29) is 18.3 Å². The Morgan fingerprint density at radius 1 is 0.923 bits per heavy atom. The molecule has 7 nitrogen and oxygen atoms in total. The van der Waals surface area contributed by atoms with Gasteiger partial charge in [0.15, 0.2) is 12.3 Å². The van der Waals surface area contributed by atoms with E-state index in [1.54, 1.807) is 11.2 Å². The van der Waals surface area contributed by atoms with Crippen LogP contribution in [-0.4, -0.2) is 58.1 Å². The second-order valence-corrected chi connectivity index (χ2v) is 9.70. The minimum Gasteiger partial charge on any atom is -0.484 e. The molecule has 1 fully saturated rings. The van der Waals surface area contributed by atoms with Crippen molar-refractivity contribution >= 4 is 34.4 Å². The Morgan fingerprint density at radius 3 is 2.44 bits per heavy atom. The largest absolute Gasteiger partial charge is 0.484 e. The fraction of sp³-hybridized carbons (Fsp3) is 0.167. The number of hydrogen-bond acceptors (Lipinski definition) is 5. The number of carbonyl (C=O) groups excluding carboxylic acids is 1. The Morgan fingerprint density at radius 2 is 1.69 bits per heavy atom. The first kappa shape index (κ1) is 24.9. The maximum atomic E-state index is 13.1. The van der Waals surface area contributed by atoms with E-state index in [1.807, 2.05) is 47.0 Å². The molecule has 0 atom stereocenters. The molecule has 1 amide bonds. The fourth-order valence-corrected chi connectivity index (χ4v) is 5.06. The van der Waals surface area contributed by atoms with Crippen molar-refractivity contribution in [2.75, 3.05) is 37.7 Å². The summed E-state index contributed by atoms with van der Waals surface area (Å²) in [6, 6.07) is 23.5. The van der Waals surface area contributed by atoms with E-state index in [0.29, 0.717) is 37.0 Å². The first-order valence-corrected chi connectivity index (χ1v) is 13.0. The second kappa shape index (κ2) is 10.7. The molecule has 1 aliphatic heterocycles. The Kier molecular flexibility index (Phi) is 6.85. The predicted octanol–water partition coefficient (Wildman–Crippen LogP) is 5.61. The average molecular weight is 542 g/mol. The van der Waals surface area contributed by atoms with Gasteiger partial charge in [-0.2, -0.15) is 0 Å². The molecule has 0 aliphatic carbocycles. The molecule has 6 rings (SSSR count). The van der Waals surface area contributed by atoms with E-state index in [4.69, 9.17) is 21.3 Å². The maximum absolute atomic E-state index is 13.1. The normalized spacial score (nSPS) is 13.6. The van der Waals surface area contributed by atoms with Gasteiger partial charge < -0.3 is 19.1 Å². The van der Waals surface area contributed by atoms with Crippen LogP contribution in [0, 0.1) is 5.82 Å². The van der Waals surface area contributed by atoms with Crippen LogP contribution >= 0.6 is 11.6 Å². The molecule has 0 bridgehead atoms. The standard InChI is InChI=1S/C30H25ClFN5O2/c31-22-7-4-8-24(17-22)37-18-26(21-5-2-1-3-6-21)28-29(33-20-34-30(28)37)36-15-13-35(14-16-36)27(38)19-39-25-11-9-23(32)10-12-25/h1-12,17-18,20H,13-16,19H2. The molecule has 196 valence electrons. The molecule has 1 aliphatic rings. The Hall–Kier alpha value is -4.43. The number of aromatic nitrogens is 3. The van der Waals surface area contributed by atoms with Gasteiger partial charge in [0.25, 0.3) is 5.91 Å². The molecule has 3 aromatic carbocycles. The van der Waals surface area contributed by atoms with Crippen molar-refractivity contribution in [3.8, 4) is 22.6 Å². The van der Waals surface area contributed by atoms with Crippen LogP contribution in [0.5, 0.6) is 5.75 Å². The van der Waals surface area contributed by atoms with E-state index in [1.165, 1.54) is 24.3 Å². The van der Waals surface area contributed by atoms with E-state index < -0.39 is 0 Å². The van der Waals surface area contributed by atoms with Gasteiger partial charge >= 0.3 is 0 Å². The highest BCUT2D eigenvalue weighted by Crippen LogP contribution is 2.37. The SMILES string of the molecule is O=C(COc1ccc(F)cc1)N1CCN(c2ncnc3c2c(-c2ccccc2)cn3-c2cccc(Cl)c2)CC1. The summed E-state index contributed by atoms with van der Waals surface area (Å²) in [5.41, 5.74) is 3.78. The van der Waals surface area contributed by atoms with Gasteiger partial charge in [0.05, 0.1) is 5.39 Å². The first-order valence-electron chi connectivity index (χ1n) is 12.7. The monoisotopic (exact) mass is 541 g/mol. The zero-order valence-electron chi connectivity index (χ0n) is 21.0. The Labute approximate surface area is 230 Å². The quantitative estimate of drug-likeness (QED) is 0.280. The van der Waals surface area contributed by atoms with Gasteiger partial charge in [0, 0.05) is 48.6 Å². The van der Waals surface area contributed by atoms with E-state index in [0.717, 1.165) is 33.7 Å². The number of nitrogens with zero attached hydrogens (tertiary/aromatic N) is 5. The number of halogens is 2. The summed E-state index contributed by atoms with van der Waals surface area (Å²) >= 11 is 6.31. The van der Waals surface area contributed by atoms with Gasteiger partial charge in [-0.05, 0) is 48.0 Å². The molecule has 0 unspecified atom stereocenters. The molecule has 2 aromatic heterocycles. The van der Waals surface area contributed by atoms with Crippen molar-refractivity contribution in [1.29, 1.82) is 0 Å². The zero-order chi connectivity index (χ0) is 26.8. The van der Waals surface area contributed by atoms with E-state index in [2.05, 4.69) is 28.2 Å². The van der Waals surface area contributed by atoms with Crippen molar-refractivity contribution in [3.05, 3.63) is 102 Å². The lowest BCUT2D eigenvalue weighted by atomic mass is 10.1. The van der Waals surface area contributed by atoms with E-state index in [9.17, 15) is 9.18 Å². The number of amides is 1. The molecule has 3 heterocycles. The lowest BCUT2D eigenvalue weighted by Gasteiger charge is -2.35. The number of hydrogen-bond donors (Lipinski definition) is 0. The van der Waals surface area contributed by atoms with Gasteiger partial charge in [-0.1, -0.05) is 48.0 Å². The van der Waals surface area contributed by atoms with Gasteiger partial charge in [-0.15, -0.1) is 0 Å². The minimum atomic E-state index is -0.345. The van der Waals surface area contributed by atoms with Crippen LogP contribution < -0.4 is 9.64 Å². The minimum absolute atomic E-state index is 0.0932. The third-order valence-electron chi connectivity index (χ3n) is 6.84. The third kappa shape index (κ3) is 5.15. The molecule has 9 heteroatoms. The van der Waals surface area contributed by atoms with Crippen LogP contribution in [0.4, 0.5) is 10.2 Å². The van der Waals surface area contributed by atoms with Crippen LogP contribution in [0.2, 0.25) is 5.02 Å². The lowest BCUT2D eigenvalue weighted by molar-refractivity contribution is -0.133. The third-order valence-corrected chi connectivity index (χ3v) is 7.08. The van der Waals surface area contributed by atoms with Crippen LogP contribution in [0.1, 0.15) is 0 Å². The summed E-state index contributed by atoms with van der Waals surface area (Å²) in [6.07, 6.45) is 3.66. The maximum Gasteiger partial charge on any atom is 0.260 e. The zero-order valence-corrected chi connectivity index (χ0v) is 21.8. The van der Waals surface area contributed by atoms with Crippen molar-refractivity contribution in [1.82, 2.24) is 19.4 Å². The first-order chi connectivity index (χ1) is 19.1. The Bertz CT molecular complexity index is 1620. The summed E-state index contributed by atoms with van der Waals surface area (Å²) in [5, 5.41) is 1.59. The number of rotatable bonds is 6. The molecular formula is C30H25ClFN5O2. The lowest BCUT2D eigenvalue weighted by Crippen LogP contribution is -2.50. The van der Waals surface area contributed by atoms with Crippen molar-refractivity contribution < 1.29 is 13.9 Å². The van der Waals surface area contributed by atoms with Crippen LogP contribution in [0.25, 0.3) is 27.8 Å².